The molecular weight excluding hydrogens is 274 g/mol. The van der Waals surface area contributed by atoms with Crippen molar-refractivity contribution in [2.75, 3.05) is 13.6 Å². The van der Waals surface area contributed by atoms with Gasteiger partial charge in [-0.25, -0.2) is 18.1 Å². The van der Waals surface area contributed by atoms with Gasteiger partial charge in [-0.15, -0.1) is 0 Å². The Kier molecular flexibility index (Phi) is 4.78. The Balaban J connectivity index is 2.02. The number of pyridine rings is 1. The number of nitrogens with zero attached hydrogens (tertiary/aromatic N) is 1. The van der Waals surface area contributed by atoms with Gasteiger partial charge in [-0.2, -0.15) is 0 Å². The van der Waals surface area contributed by atoms with Crippen molar-refractivity contribution in [2.45, 2.75) is 44.2 Å². The summed E-state index contributed by atoms with van der Waals surface area (Å²) in [6.45, 7) is 3.32. The molecule has 1 aliphatic carbocycles. The molecule has 0 atom stereocenters. The fourth-order valence-corrected chi connectivity index (χ4v) is 3.62. The highest BCUT2D eigenvalue weighted by Crippen LogP contribution is 2.43. The summed E-state index contributed by atoms with van der Waals surface area (Å²) in [7, 11) is -1.65. The lowest BCUT2D eigenvalue weighted by molar-refractivity contribution is 0.133. The number of hydrogen-bond acceptors (Lipinski definition) is 4. The molecule has 0 amide bonds. The van der Waals surface area contributed by atoms with Crippen molar-refractivity contribution in [3.8, 4) is 0 Å². The van der Waals surface area contributed by atoms with Gasteiger partial charge in [-0.1, -0.05) is 19.4 Å². The molecule has 1 aromatic rings. The van der Waals surface area contributed by atoms with E-state index in [4.69, 9.17) is 0 Å². The molecule has 1 saturated carbocycles. The van der Waals surface area contributed by atoms with Crippen LogP contribution in [0.2, 0.25) is 0 Å². The average Bonchev–Trinajstić information content (AvgIpc) is 2.39. The molecule has 1 heterocycles. The van der Waals surface area contributed by atoms with Crippen LogP contribution >= 0.6 is 0 Å². The van der Waals surface area contributed by atoms with Gasteiger partial charge in [-0.3, -0.25) is 0 Å². The smallest absolute Gasteiger partial charge is 0.258 e. The van der Waals surface area contributed by atoms with Crippen LogP contribution in [-0.4, -0.2) is 27.0 Å². The molecule has 5 nitrogen and oxygen atoms in total. The predicted molar refractivity (Wildman–Crippen MR) is 78.8 cm³/mol. The Hall–Kier alpha value is -0.980. The largest absolute Gasteiger partial charge is 0.316 e. The highest BCUT2D eigenvalue weighted by Gasteiger charge is 2.36. The van der Waals surface area contributed by atoms with E-state index in [1.807, 2.05) is 7.05 Å². The van der Waals surface area contributed by atoms with E-state index < -0.39 is 10.0 Å². The van der Waals surface area contributed by atoms with Gasteiger partial charge >= 0.3 is 0 Å². The average molecular weight is 297 g/mol. The second kappa shape index (κ2) is 6.20. The summed E-state index contributed by atoms with van der Waals surface area (Å²) in [5.41, 5.74) is 1.13. The Morgan fingerprint density at radius 1 is 1.35 bits per heavy atom. The molecule has 2 N–H and O–H groups in total. The first-order valence-electron chi connectivity index (χ1n) is 7.10. The molecule has 20 heavy (non-hydrogen) atoms. The Morgan fingerprint density at radius 3 is 2.55 bits per heavy atom. The fourth-order valence-electron chi connectivity index (χ4n) is 2.53. The van der Waals surface area contributed by atoms with E-state index in [1.54, 1.807) is 18.3 Å². The second-order valence-electron chi connectivity index (χ2n) is 5.57. The summed E-state index contributed by atoms with van der Waals surface area (Å²) >= 11 is 0. The van der Waals surface area contributed by atoms with Gasteiger partial charge in [0.2, 0.25) is 0 Å². The van der Waals surface area contributed by atoms with E-state index >= 15 is 0 Å². The third kappa shape index (κ3) is 3.37. The molecule has 112 valence electrons. The fraction of sp³-hybridized carbons (Fsp3) is 0.643. The summed E-state index contributed by atoms with van der Waals surface area (Å²) < 4.78 is 27.1. The van der Waals surface area contributed by atoms with Crippen molar-refractivity contribution in [1.82, 2.24) is 15.0 Å². The minimum absolute atomic E-state index is 0.0999. The summed E-state index contributed by atoms with van der Waals surface area (Å²) in [5.74, 6) is 0. The van der Waals surface area contributed by atoms with E-state index in [0.29, 0.717) is 13.1 Å². The van der Waals surface area contributed by atoms with Gasteiger partial charge in [0.15, 0.2) is 5.03 Å². The Bertz CT molecular complexity index is 531. The molecule has 0 bridgehead atoms. The van der Waals surface area contributed by atoms with E-state index in [0.717, 1.165) is 24.8 Å². The molecule has 1 fully saturated rings. The lowest BCUT2D eigenvalue weighted by Crippen LogP contribution is -2.41. The van der Waals surface area contributed by atoms with Crippen molar-refractivity contribution < 1.29 is 8.42 Å². The molecule has 0 aliphatic heterocycles. The molecule has 0 saturated heterocycles. The van der Waals surface area contributed by atoms with Crippen molar-refractivity contribution in [3.05, 3.63) is 23.9 Å². The van der Waals surface area contributed by atoms with Crippen LogP contribution in [0.1, 0.15) is 38.2 Å². The van der Waals surface area contributed by atoms with E-state index in [-0.39, 0.29) is 10.4 Å². The number of rotatable bonds is 7. The lowest BCUT2D eigenvalue weighted by Gasteiger charge is -2.41. The summed E-state index contributed by atoms with van der Waals surface area (Å²) in [6, 6.07) is 3.35. The molecule has 0 aromatic carbocycles. The summed E-state index contributed by atoms with van der Waals surface area (Å²) in [5, 5.41) is 3.10. The molecule has 1 aromatic heterocycles. The maximum Gasteiger partial charge on any atom is 0.258 e. The molecule has 6 heteroatoms. The highest BCUT2D eigenvalue weighted by molar-refractivity contribution is 7.89. The van der Waals surface area contributed by atoms with Crippen LogP contribution in [0.15, 0.2) is 23.4 Å². The quantitative estimate of drug-likeness (QED) is 0.803. The van der Waals surface area contributed by atoms with Crippen molar-refractivity contribution in [1.29, 1.82) is 0 Å². The topological polar surface area (TPSA) is 71.1 Å². The maximum absolute atomic E-state index is 12.2. The van der Waals surface area contributed by atoms with Crippen LogP contribution in [-0.2, 0) is 16.6 Å². The van der Waals surface area contributed by atoms with Crippen LogP contribution in [0.25, 0.3) is 0 Å². The van der Waals surface area contributed by atoms with E-state index in [9.17, 15) is 8.42 Å². The summed E-state index contributed by atoms with van der Waals surface area (Å²) in [6.07, 6.45) is 6.04. The second-order valence-corrected chi connectivity index (χ2v) is 7.28. The van der Waals surface area contributed by atoms with Crippen LogP contribution < -0.4 is 10.0 Å². The molecule has 0 spiro atoms. The SMILES string of the molecule is CCC1(CNS(=O)(=O)c2ccc(CNC)cn2)CCC1. The maximum atomic E-state index is 12.2. The van der Waals surface area contributed by atoms with Crippen molar-refractivity contribution >= 4 is 10.0 Å². The lowest BCUT2D eigenvalue weighted by atomic mass is 9.67. The van der Waals surface area contributed by atoms with E-state index in [2.05, 4.69) is 21.9 Å². The Labute approximate surface area is 121 Å². The molecule has 0 radical (unpaired) electrons. The first kappa shape index (κ1) is 15.4. The standard InChI is InChI=1S/C14H23N3O2S/c1-3-14(7-4-8-14)11-17-20(18,19)13-6-5-12(9-15-2)10-16-13/h5-6,10,15,17H,3-4,7-9,11H2,1-2H3. The number of sulfonamides is 1. The number of hydrogen-bond donors (Lipinski definition) is 2. The van der Waals surface area contributed by atoms with Gasteiger partial charge in [-0.05, 0) is 43.4 Å². The zero-order chi connectivity index (χ0) is 14.6. The van der Waals surface area contributed by atoms with Crippen molar-refractivity contribution in [3.63, 3.8) is 0 Å². The summed E-state index contributed by atoms with van der Waals surface area (Å²) in [4.78, 5) is 4.05. The molecular formula is C14H23N3O2S. The Morgan fingerprint density at radius 2 is 2.10 bits per heavy atom. The normalized spacial score (nSPS) is 17.7. The third-order valence-electron chi connectivity index (χ3n) is 4.26. The zero-order valence-corrected chi connectivity index (χ0v) is 13.0. The van der Waals surface area contributed by atoms with Crippen LogP contribution in [0.4, 0.5) is 0 Å². The van der Waals surface area contributed by atoms with Crippen LogP contribution in [0, 0.1) is 5.41 Å². The number of nitrogens with one attached hydrogen (secondary N) is 2. The van der Waals surface area contributed by atoms with Gasteiger partial charge in [0.25, 0.3) is 10.0 Å². The third-order valence-corrected chi connectivity index (χ3v) is 5.57. The molecule has 1 aliphatic rings. The minimum atomic E-state index is -3.49. The first-order chi connectivity index (χ1) is 9.51. The van der Waals surface area contributed by atoms with Crippen LogP contribution in [0.5, 0.6) is 0 Å². The number of aromatic nitrogens is 1. The van der Waals surface area contributed by atoms with Crippen LogP contribution in [0.3, 0.4) is 0 Å². The molecule has 2 rings (SSSR count). The first-order valence-corrected chi connectivity index (χ1v) is 8.59. The highest BCUT2D eigenvalue weighted by atomic mass is 32.2. The van der Waals surface area contributed by atoms with Crippen molar-refractivity contribution in [2.24, 2.45) is 5.41 Å². The van der Waals surface area contributed by atoms with Gasteiger partial charge < -0.3 is 5.32 Å². The minimum Gasteiger partial charge on any atom is -0.316 e. The zero-order valence-electron chi connectivity index (χ0n) is 12.1. The van der Waals surface area contributed by atoms with Gasteiger partial charge in [0.1, 0.15) is 0 Å². The van der Waals surface area contributed by atoms with E-state index in [1.165, 1.54) is 6.42 Å². The molecule has 0 unspecified atom stereocenters. The predicted octanol–water partition coefficient (Wildman–Crippen LogP) is 1.66. The van der Waals surface area contributed by atoms with Gasteiger partial charge in [0.05, 0.1) is 0 Å². The monoisotopic (exact) mass is 297 g/mol. The van der Waals surface area contributed by atoms with Gasteiger partial charge in [0, 0.05) is 19.3 Å².